The molecule has 1 amide bonds. The molecule has 3 nitrogen and oxygen atoms in total. The van der Waals surface area contributed by atoms with Gasteiger partial charge < -0.3 is 10.1 Å². The van der Waals surface area contributed by atoms with Crippen LogP contribution in [0.25, 0.3) is 0 Å². The highest BCUT2D eigenvalue weighted by atomic mass is 16.6. The molecule has 17 heavy (non-hydrogen) atoms. The predicted octanol–water partition coefficient (Wildman–Crippen LogP) is 3.35. The molecule has 1 unspecified atom stereocenters. The largest absolute Gasteiger partial charge is 0.412 e. The van der Waals surface area contributed by atoms with E-state index in [1.807, 2.05) is 18.2 Å². The van der Waals surface area contributed by atoms with Crippen molar-refractivity contribution in [3.05, 3.63) is 30.3 Å². The van der Waals surface area contributed by atoms with E-state index in [2.05, 4.69) is 19.2 Å². The van der Waals surface area contributed by atoms with Crippen molar-refractivity contribution >= 4 is 6.09 Å². The summed E-state index contributed by atoms with van der Waals surface area (Å²) in [6, 6.07) is 9.39. The molecule has 2 rings (SSSR count). The van der Waals surface area contributed by atoms with Crippen LogP contribution in [0.5, 0.6) is 5.75 Å². The van der Waals surface area contributed by atoms with Gasteiger partial charge in [-0.1, -0.05) is 32.0 Å². The minimum absolute atomic E-state index is 0.251. The lowest BCUT2D eigenvalue weighted by molar-refractivity contribution is 0.195. The van der Waals surface area contributed by atoms with Crippen LogP contribution in [0, 0.1) is 5.41 Å². The zero-order valence-electron chi connectivity index (χ0n) is 10.4. The Kier molecular flexibility index (Phi) is 3.36. The summed E-state index contributed by atoms with van der Waals surface area (Å²) in [6.45, 7) is 4.47. The average molecular weight is 233 g/mol. The van der Waals surface area contributed by atoms with Crippen molar-refractivity contribution in [2.45, 2.75) is 39.2 Å². The second-order valence-electron chi connectivity index (χ2n) is 5.45. The van der Waals surface area contributed by atoms with E-state index >= 15 is 0 Å². The van der Waals surface area contributed by atoms with Gasteiger partial charge in [0.05, 0.1) is 0 Å². The number of carbonyl (C=O) groups excluding carboxylic acids is 1. The molecule has 0 spiro atoms. The third kappa shape index (κ3) is 3.48. The third-order valence-corrected chi connectivity index (χ3v) is 3.24. The molecule has 1 aromatic carbocycles. The molecule has 1 fully saturated rings. The second-order valence-corrected chi connectivity index (χ2v) is 5.45. The number of hydrogen-bond acceptors (Lipinski definition) is 2. The molecule has 0 aromatic heterocycles. The van der Waals surface area contributed by atoms with Crippen LogP contribution < -0.4 is 10.1 Å². The van der Waals surface area contributed by atoms with Gasteiger partial charge in [-0.15, -0.1) is 0 Å². The van der Waals surface area contributed by atoms with Gasteiger partial charge in [0.2, 0.25) is 0 Å². The van der Waals surface area contributed by atoms with Crippen LogP contribution in [-0.4, -0.2) is 12.1 Å². The molecule has 1 aliphatic carbocycles. The van der Waals surface area contributed by atoms with Crippen LogP contribution in [-0.2, 0) is 0 Å². The maximum absolute atomic E-state index is 11.6. The maximum Gasteiger partial charge on any atom is 0.412 e. The lowest BCUT2D eigenvalue weighted by Gasteiger charge is -2.17. The number of hydrogen-bond donors (Lipinski definition) is 1. The number of amides is 1. The Morgan fingerprint density at radius 2 is 2.06 bits per heavy atom. The standard InChI is InChI=1S/C14H19NO2/c1-14(2)9-8-11(10-14)15-13(16)17-12-6-4-3-5-7-12/h3-7,11H,8-10H2,1-2H3,(H,15,16). The lowest BCUT2D eigenvalue weighted by atomic mass is 9.92. The van der Waals surface area contributed by atoms with E-state index in [1.54, 1.807) is 12.1 Å². The molecule has 0 aliphatic heterocycles. The van der Waals surface area contributed by atoms with E-state index in [-0.39, 0.29) is 12.1 Å². The first-order valence-corrected chi connectivity index (χ1v) is 6.09. The molecule has 0 heterocycles. The summed E-state index contributed by atoms with van der Waals surface area (Å²) in [5.41, 5.74) is 0.338. The number of ether oxygens (including phenoxy) is 1. The average Bonchev–Trinajstić information content (AvgIpc) is 2.59. The normalized spacial score (nSPS) is 22.1. The maximum atomic E-state index is 11.6. The van der Waals surface area contributed by atoms with Crippen molar-refractivity contribution < 1.29 is 9.53 Å². The summed E-state index contributed by atoms with van der Waals surface area (Å²) < 4.78 is 5.19. The lowest BCUT2D eigenvalue weighted by Crippen LogP contribution is -2.35. The Labute approximate surface area is 102 Å². The molecule has 3 heteroatoms. The van der Waals surface area contributed by atoms with Crippen LogP contribution in [0.3, 0.4) is 0 Å². The summed E-state index contributed by atoms with van der Waals surface area (Å²) in [7, 11) is 0. The van der Waals surface area contributed by atoms with Crippen LogP contribution in [0.4, 0.5) is 4.79 Å². The summed E-state index contributed by atoms with van der Waals surface area (Å²) in [5, 5.41) is 2.92. The highest BCUT2D eigenvalue weighted by molar-refractivity contribution is 5.70. The zero-order valence-corrected chi connectivity index (χ0v) is 10.4. The summed E-state index contributed by atoms with van der Waals surface area (Å²) in [5.74, 6) is 0.585. The van der Waals surface area contributed by atoms with Crippen molar-refractivity contribution in [2.75, 3.05) is 0 Å². The van der Waals surface area contributed by atoms with Gasteiger partial charge in [-0.25, -0.2) is 4.79 Å². The molecule has 0 bridgehead atoms. The molecule has 0 radical (unpaired) electrons. The fourth-order valence-electron chi connectivity index (χ4n) is 2.35. The number of nitrogens with one attached hydrogen (secondary N) is 1. The fourth-order valence-corrected chi connectivity index (χ4v) is 2.35. The second kappa shape index (κ2) is 4.78. The highest BCUT2D eigenvalue weighted by Crippen LogP contribution is 2.36. The van der Waals surface area contributed by atoms with Crippen molar-refractivity contribution in [3.8, 4) is 5.75 Å². The molecular formula is C14H19NO2. The van der Waals surface area contributed by atoms with Crippen molar-refractivity contribution in [2.24, 2.45) is 5.41 Å². The summed E-state index contributed by atoms with van der Waals surface area (Å²) in [6.07, 6.45) is 2.87. The number of carbonyl (C=O) groups is 1. The van der Waals surface area contributed by atoms with Gasteiger partial charge in [0.25, 0.3) is 0 Å². The summed E-state index contributed by atoms with van der Waals surface area (Å²) in [4.78, 5) is 11.6. The van der Waals surface area contributed by atoms with Gasteiger partial charge in [-0.2, -0.15) is 0 Å². The van der Waals surface area contributed by atoms with Gasteiger partial charge in [0, 0.05) is 6.04 Å². The Morgan fingerprint density at radius 1 is 1.35 bits per heavy atom. The minimum Gasteiger partial charge on any atom is -0.410 e. The quantitative estimate of drug-likeness (QED) is 0.850. The Hall–Kier alpha value is -1.51. The first-order chi connectivity index (χ1) is 8.05. The van der Waals surface area contributed by atoms with E-state index in [4.69, 9.17) is 4.74 Å². The first-order valence-electron chi connectivity index (χ1n) is 6.09. The Morgan fingerprint density at radius 3 is 2.65 bits per heavy atom. The van der Waals surface area contributed by atoms with Crippen molar-refractivity contribution in [1.29, 1.82) is 0 Å². The van der Waals surface area contributed by atoms with Crippen molar-refractivity contribution in [3.63, 3.8) is 0 Å². The molecule has 0 saturated heterocycles. The first kappa shape index (κ1) is 12.0. The number of benzene rings is 1. The van der Waals surface area contributed by atoms with Crippen LogP contribution in [0.15, 0.2) is 30.3 Å². The highest BCUT2D eigenvalue weighted by Gasteiger charge is 2.31. The predicted molar refractivity (Wildman–Crippen MR) is 67.0 cm³/mol. The number of rotatable bonds is 2. The topological polar surface area (TPSA) is 38.3 Å². The van der Waals surface area contributed by atoms with Gasteiger partial charge in [0.15, 0.2) is 0 Å². The summed E-state index contributed by atoms with van der Waals surface area (Å²) >= 11 is 0. The monoisotopic (exact) mass is 233 g/mol. The zero-order chi connectivity index (χ0) is 12.3. The van der Waals surface area contributed by atoms with Crippen molar-refractivity contribution in [1.82, 2.24) is 5.32 Å². The van der Waals surface area contributed by atoms with Gasteiger partial charge in [-0.05, 0) is 36.8 Å². The molecular weight excluding hydrogens is 214 g/mol. The molecule has 1 aliphatic rings. The van der Waals surface area contributed by atoms with E-state index in [9.17, 15) is 4.79 Å². The fraction of sp³-hybridized carbons (Fsp3) is 0.500. The van der Waals surface area contributed by atoms with Crippen LogP contribution >= 0.6 is 0 Å². The number of para-hydroxylation sites is 1. The molecule has 1 atom stereocenters. The van der Waals surface area contributed by atoms with E-state index in [0.717, 1.165) is 19.3 Å². The molecule has 1 N–H and O–H groups in total. The molecule has 1 saturated carbocycles. The Bertz CT molecular complexity index is 386. The molecule has 1 aromatic rings. The van der Waals surface area contributed by atoms with E-state index in [0.29, 0.717) is 11.2 Å². The van der Waals surface area contributed by atoms with Crippen LogP contribution in [0.1, 0.15) is 33.1 Å². The van der Waals surface area contributed by atoms with Gasteiger partial charge in [0.1, 0.15) is 5.75 Å². The van der Waals surface area contributed by atoms with Gasteiger partial charge >= 0.3 is 6.09 Å². The SMILES string of the molecule is CC1(C)CCC(NC(=O)Oc2ccccc2)C1. The smallest absolute Gasteiger partial charge is 0.410 e. The Balaban J connectivity index is 1.83. The third-order valence-electron chi connectivity index (χ3n) is 3.24. The molecule has 92 valence electrons. The minimum atomic E-state index is -0.348. The van der Waals surface area contributed by atoms with Gasteiger partial charge in [-0.3, -0.25) is 0 Å². The van der Waals surface area contributed by atoms with Crippen LogP contribution in [0.2, 0.25) is 0 Å². The van der Waals surface area contributed by atoms with E-state index < -0.39 is 0 Å². The van der Waals surface area contributed by atoms with E-state index in [1.165, 1.54) is 0 Å².